The highest BCUT2D eigenvalue weighted by Gasteiger charge is 2.20. The smallest absolute Gasteiger partial charge is 0.336 e. The summed E-state index contributed by atoms with van der Waals surface area (Å²) in [5.41, 5.74) is 3.70. The molecule has 1 aliphatic heterocycles. The molecule has 1 fully saturated rings. The number of halogens is 1. The van der Waals surface area contributed by atoms with Gasteiger partial charge in [0.15, 0.2) is 0 Å². The lowest BCUT2D eigenvalue weighted by atomic mass is 10.1. The summed E-state index contributed by atoms with van der Waals surface area (Å²) in [6.07, 6.45) is 0. The van der Waals surface area contributed by atoms with Crippen molar-refractivity contribution in [3.8, 4) is 5.75 Å². The van der Waals surface area contributed by atoms with Gasteiger partial charge in [0.25, 0.3) is 0 Å². The number of benzene rings is 2. The molecule has 0 amide bonds. The van der Waals surface area contributed by atoms with Crippen molar-refractivity contribution in [2.45, 2.75) is 20.4 Å². The van der Waals surface area contributed by atoms with E-state index in [0.29, 0.717) is 18.7 Å². The molecule has 29 heavy (non-hydrogen) atoms. The Kier molecular flexibility index (Phi) is 5.79. The number of aryl methyl sites for hydroxylation is 1. The number of fused-ring (bicyclic) bond motifs is 1. The average molecular weight is 413 g/mol. The second-order valence-corrected chi connectivity index (χ2v) is 7.81. The monoisotopic (exact) mass is 412 g/mol. The summed E-state index contributed by atoms with van der Waals surface area (Å²) < 4.78 is 11.0. The van der Waals surface area contributed by atoms with Gasteiger partial charge in [-0.1, -0.05) is 17.7 Å². The standard InChI is InChI=1S/C23H25ClN2O3/c1-3-28-19-6-7-22-20(14-19)17(12-23(27)29-22)15-25-8-10-26(11-9-25)21-13-18(24)5-4-16(21)2/h4-7,12-14H,3,8-11,15H2,1-2H3. The maximum absolute atomic E-state index is 12.0. The third-order valence-electron chi connectivity index (χ3n) is 5.39. The molecule has 2 aromatic carbocycles. The van der Waals surface area contributed by atoms with Crippen LogP contribution < -0.4 is 15.3 Å². The largest absolute Gasteiger partial charge is 0.494 e. The number of piperazine rings is 1. The summed E-state index contributed by atoms with van der Waals surface area (Å²) in [4.78, 5) is 16.8. The van der Waals surface area contributed by atoms with Gasteiger partial charge in [-0.25, -0.2) is 4.79 Å². The Morgan fingerprint density at radius 1 is 1.07 bits per heavy atom. The zero-order valence-corrected chi connectivity index (χ0v) is 17.5. The van der Waals surface area contributed by atoms with Crippen LogP contribution in [-0.2, 0) is 6.54 Å². The number of hydrogen-bond donors (Lipinski definition) is 0. The minimum absolute atomic E-state index is 0.315. The number of hydrogen-bond acceptors (Lipinski definition) is 5. The molecule has 1 saturated heterocycles. The van der Waals surface area contributed by atoms with Crippen molar-refractivity contribution in [1.82, 2.24) is 4.90 Å². The van der Waals surface area contributed by atoms with Crippen LogP contribution in [0.5, 0.6) is 5.75 Å². The van der Waals surface area contributed by atoms with Crippen LogP contribution in [0.1, 0.15) is 18.1 Å². The van der Waals surface area contributed by atoms with Crippen LogP contribution in [0, 0.1) is 6.92 Å². The lowest BCUT2D eigenvalue weighted by Gasteiger charge is -2.37. The normalized spacial score (nSPS) is 15.1. The van der Waals surface area contributed by atoms with Gasteiger partial charge in [-0.05, 0) is 55.3 Å². The summed E-state index contributed by atoms with van der Waals surface area (Å²) in [5, 5.41) is 1.70. The Hall–Kier alpha value is -2.50. The van der Waals surface area contributed by atoms with Gasteiger partial charge in [0.2, 0.25) is 0 Å². The Labute approximate surface area is 175 Å². The van der Waals surface area contributed by atoms with Crippen LogP contribution >= 0.6 is 11.6 Å². The van der Waals surface area contributed by atoms with Crippen LogP contribution in [0.2, 0.25) is 5.02 Å². The highest BCUT2D eigenvalue weighted by atomic mass is 35.5. The molecule has 4 rings (SSSR count). The summed E-state index contributed by atoms with van der Waals surface area (Å²) in [5.74, 6) is 0.788. The molecule has 6 heteroatoms. The van der Waals surface area contributed by atoms with Gasteiger partial charge in [-0.2, -0.15) is 0 Å². The molecule has 0 atom stereocenters. The number of ether oxygens (including phenoxy) is 1. The third-order valence-corrected chi connectivity index (χ3v) is 5.62. The minimum Gasteiger partial charge on any atom is -0.494 e. The minimum atomic E-state index is -0.315. The summed E-state index contributed by atoms with van der Waals surface area (Å²) in [7, 11) is 0. The van der Waals surface area contributed by atoms with Crippen molar-refractivity contribution >= 4 is 28.3 Å². The predicted octanol–water partition coefficient (Wildman–Crippen LogP) is 4.48. The molecule has 2 heterocycles. The fourth-order valence-electron chi connectivity index (χ4n) is 3.91. The van der Waals surface area contributed by atoms with Crippen molar-refractivity contribution in [2.24, 2.45) is 0 Å². The molecule has 5 nitrogen and oxygen atoms in total. The molecule has 1 aliphatic rings. The predicted molar refractivity (Wildman–Crippen MR) is 117 cm³/mol. The first-order valence-corrected chi connectivity index (χ1v) is 10.3. The lowest BCUT2D eigenvalue weighted by Crippen LogP contribution is -2.46. The van der Waals surface area contributed by atoms with Crippen molar-refractivity contribution in [2.75, 3.05) is 37.7 Å². The fourth-order valence-corrected chi connectivity index (χ4v) is 4.07. The molecular weight excluding hydrogens is 388 g/mol. The van der Waals surface area contributed by atoms with E-state index in [4.69, 9.17) is 20.8 Å². The van der Waals surface area contributed by atoms with Gasteiger partial charge in [0.05, 0.1) is 6.61 Å². The van der Waals surface area contributed by atoms with Crippen LogP contribution in [0.4, 0.5) is 5.69 Å². The topological polar surface area (TPSA) is 45.9 Å². The number of nitrogens with zero attached hydrogens (tertiary/aromatic N) is 2. The van der Waals surface area contributed by atoms with E-state index in [9.17, 15) is 4.79 Å². The highest BCUT2D eigenvalue weighted by Crippen LogP contribution is 2.27. The molecule has 0 radical (unpaired) electrons. The molecular formula is C23H25ClN2O3. The Morgan fingerprint density at radius 3 is 2.62 bits per heavy atom. The first kappa shape index (κ1) is 19.8. The highest BCUT2D eigenvalue weighted by molar-refractivity contribution is 6.30. The number of rotatable bonds is 5. The zero-order chi connectivity index (χ0) is 20.4. The van der Waals surface area contributed by atoms with Crippen molar-refractivity contribution in [3.05, 3.63) is 69.0 Å². The van der Waals surface area contributed by atoms with Crippen molar-refractivity contribution in [1.29, 1.82) is 0 Å². The molecule has 0 saturated carbocycles. The molecule has 0 aliphatic carbocycles. The molecule has 0 unspecified atom stereocenters. The quantitative estimate of drug-likeness (QED) is 0.578. The van der Waals surface area contributed by atoms with E-state index in [1.165, 1.54) is 11.3 Å². The Bertz CT molecular complexity index is 1070. The number of anilines is 1. The van der Waals surface area contributed by atoms with Crippen molar-refractivity contribution < 1.29 is 9.15 Å². The lowest BCUT2D eigenvalue weighted by molar-refractivity contribution is 0.250. The van der Waals surface area contributed by atoms with Gasteiger partial charge < -0.3 is 14.1 Å². The van der Waals surface area contributed by atoms with E-state index in [1.54, 1.807) is 6.07 Å². The average Bonchev–Trinajstić information content (AvgIpc) is 2.71. The SMILES string of the molecule is CCOc1ccc2oc(=O)cc(CN3CCN(c4cc(Cl)ccc4C)CC3)c2c1. The Morgan fingerprint density at radius 2 is 1.86 bits per heavy atom. The molecule has 0 N–H and O–H groups in total. The Balaban J connectivity index is 1.52. The zero-order valence-electron chi connectivity index (χ0n) is 16.8. The van der Waals surface area contributed by atoms with Crippen molar-refractivity contribution in [3.63, 3.8) is 0 Å². The van der Waals surface area contributed by atoms with E-state index in [-0.39, 0.29) is 5.63 Å². The maximum Gasteiger partial charge on any atom is 0.336 e. The second kappa shape index (κ2) is 8.47. The van der Waals surface area contributed by atoms with Gasteiger partial charge in [-0.3, -0.25) is 4.90 Å². The first-order chi connectivity index (χ1) is 14.0. The van der Waals surface area contributed by atoms with E-state index in [1.807, 2.05) is 37.3 Å². The van der Waals surface area contributed by atoms with Gasteiger partial charge >= 0.3 is 5.63 Å². The molecule has 0 bridgehead atoms. The molecule has 1 aromatic heterocycles. The third kappa shape index (κ3) is 4.41. The first-order valence-electron chi connectivity index (χ1n) is 9.96. The fraction of sp³-hybridized carbons (Fsp3) is 0.348. The van der Waals surface area contributed by atoms with E-state index >= 15 is 0 Å². The van der Waals surface area contributed by atoms with Gasteiger partial charge in [-0.15, -0.1) is 0 Å². The van der Waals surface area contributed by atoms with Gasteiger partial charge in [0.1, 0.15) is 11.3 Å². The van der Waals surface area contributed by atoms with Crippen LogP contribution in [0.25, 0.3) is 11.0 Å². The molecule has 0 spiro atoms. The van der Waals surface area contributed by atoms with Crippen LogP contribution in [-0.4, -0.2) is 37.7 Å². The summed E-state index contributed by atoms with van der Waals surface area (Å²) in [6.45, 7) is 9.05. The van der Waals surface area contributed by atoms with E-state index in [0.717, 1.165) is 47.9 Å². The van der Waals surface area contributed by atoms with Crippen LogP contribution in [0.3, 0.4) is 0 Å². The van der Waals surface area contributed by atoms with Gasteiger partial charge in [0, 0.05) is 54.9 Å². The van der Waals surface area contributed by atoms with E-state index < -0.39 is 0 Å². The van der Waals surface area contributed by atoms with Crippen LogP contribution in [0.15, 0.2) is 51.7 Å². The second-order valence-electron chi connectivity index (χ2n) is 7.38. The summed E-state index contributed by atoms with van der Waals surface area (Å²) >= 11 is 6.19. The summed E-state index contributed by atoms with van der Waals surface area (Å²) in [6, 6.07) is 13.2. The maximum atomic E-state index is 12.0. The molecule has 152 valence electrons. The van der Waals surface area contributed by atoms with E-state index in [2.05, 4.69) is 22.8 Å². The molecule has 3 aromatic rings.